The normalized spacial score (nSPS) is 10.9. The van der Waals surface area contributed by atoms with Gasteiger partial charge in [0.25, 0.3) is 0 Å². The minimum Gasteiger partial charge on any atom is -0.437 e. The zero-order valence-electron chi connectivity index (χ0n) is 11.2. The molecule has 3 nitrogen and oxygen atoms in total. The molecule has 21 heavy (non-hydrogen) atoms. The molecule has 1 radical (unpaired) electrons. The summed E-state index contributed by atoms with van der Waals surface area (Å²) >= 11 is 0. The van der Waals surface area contributed by atoms with Crippen LogP contribution >= 0.6 is 0 Å². The van der Waals surface area contributed by atoms with Crippen LogP contribution in [0.15, 0.2) is 66.9 Å². The van der Waals surface area contributed by atoms with Crippen LogP contribution in [0.1, 0.15) is 0 Å². The molecule has 3 heteroatoms. The van der Waals surface area contributed by atoms with Crippen molar-refractivity contribution < 1.29 is 4.74 Å². The van der Waals surface area contributed by atoms with E-state index >= 15 is 0 Å². The molecule has 0 fully saturated rings. The highest BCUT2D eigenvalue weighted by Gasteiger charge is 2.03. The predicted octanol–water partition coefficient (Wildman–Crippen LogP) is 4.38. The minimum absolute atomic E-state index is 0.467. The summed E-state index contributed by atoms with van der Waals surface area (Å²) in [4.78, 5) is 0. The summed E-state index contributed by atoms with van der Waals surface area (Å²) in [5.41, 5.74) is 0. The molecule has 99 valence electrons. The van der Waals surface area contributed by atoms with Crippen LogP contribution in [-0.2, 0) is 0 Å². The highest BCUT2D eigenvalue weighted by Crippen LogP contribution is 2.27. The fourth-order valence-corrected chi connectivity index (χ4v) is 2.36. The van der Waals surface area contributed by atoms with E-state index in [0.717, 1.165) is 10.8 Å². The molecule has 0 saturated carbocycles. The van der Waals surface area contributed by atoms with Gasteiger partial charge in [0.05, 0.1) is 0 Å². The zero-order chi connectivity index (χ0) is 14.1. The van der Waals surface area contributed by atoms with Crippen molar-refractivity contribution in [2.45, 2.75) is 0 Å². The fourth-order valence-electron chi connectivity index (χ4n) is 2.36. The average Bonchev–Trinajstić information content (AvgIpc) is 2.54. The Morgan fingerprint density at radius 3 is 2.48 bits per heavy atom. The molecule has 0 atom stereocenters. The molecule has 0 saturated heterocycles. The van der Waals surface area contributed by atoms with Crippen LogP contribution in [0.3, 0.4) is 0 Å². The Bertz CT molecular complexity index is 920. The predicted molar refractivity (Wildman–Crippen MR) is 82.4 cm³/mol. The lowest BCUT2D eigenvalue weighted by atomic mass is 10.0. The maximum atomic E-state index is 5.67. The Hall–Kier alpha value is -2.94. The molecule has 1 aromatic heterocycles. The first-order valence-electron chi connectivity index (χ1n) is 6.69. The number of rotatable bonds is 2. The van der Waals surface area contributed by atoms with Gasteiger partial charge in [-0.1, -0.05) is 30.3 Å². The summed E-state index contributed by atoms with van der Waals surface area (Å²) in [6.45, 7) is 0. The van der Waals surface area contributed by atoms with E-state index in [1.54, 1.807) is 18.3 Å². The van der Waals surface area contributed by atoms with Crippen LogP contribution in [0.2, 0.25) is 0 Å². The number of benzene rings is 3. The Morgan fingerprint density at radius 1 is 0.810 bits per heavy atom. The molecule has 3 aromatic carbocycles. The van der Waals surface area contributed by atoms with Crippen molar-refractivity contribution in [1.29, 1.82) is 0 Å². The monoisotopic (exact) mass is 271 g/mol. The van der Waals surface area contributed by atoms with Crippen molar-refractivity contribution >= 4 is 21.5 Å². The first-order chi connectivity index (χ1) is 10.4. The maximum absolute atomic E-state index is 5.67. The van der Waals surface area contributed by atoms with Crippen molar-refractivity contribution in [1.82, 2.24) is 10.2 Å². The molecule has 1 heterocycles. The van der Waals surface area contributed by atoms with Crippen molar-refractivity contribution in [3.63, 3.8) is 0 Å². The van der Waals surface area contributed by atoms with Gasteiger partial charge in [0.2, 0.25) is 5.88 Å². The summed E-state index contributed by atoms with van der Waals surface area (Å²) in [6.07, 6.45) is 1.61. The van der Waals surface area contributed by atoms with Gasteiger partial charge in [-0.05, 0) is 45.8 Å². The number of nitrogens with zero attached hydrogens (tertiary/aromatic N) is 2. The molecular formula is C18H11N2O. The van der Waals surface area contributed by atoms with Gasteiger partial charge in [0.1, 0.15) is 5.75 Å². The van der Waals surface area contributed by atoms with Crippen LogP contribution in [0.4, 0.5) is 0 Å². The molecule has 0 bridgehead atoms. The SMILES string of the molecule is [c]1c(Oc2cccnn2)ccc2cc3ccccc3cc12. The molecule has 4 rings (SSSR count). The Kier molecular flexibility index (Phi) is 2.75. The van der Waals surface area contributed by atoms with Crippen LogP contribution in [0.5, 0.6) is 11.6 Å². The molecule has 0 amide bonds. The van der Waals surface area contributed by atoms with Gasteiger partial charge >= 0.3 is 0 Å². The zero-order valence-corrected chi connectivity index (χ0v) is 11.2. The highest BCUT2D eigenvalue weighted by atomic mass is 16.5. The Morgan fingerprint density at radius 2 is 1.67 bits per heavy atom. The Labute approximate surface area is 121 Å². The lowest BCUT2D eigenvalue weighted by Crippen LogP contribution is -1.89. The van der Waals surface area contributed by atoms with E-state index < -0.39 is 0 Å². The van der Waals surface area contributed by atoms with E-state index in [2.05, 4.69) is 40.5 Å². The third-order valence-electron chi connectivity index (χ3n) is 3.35. The lowest BCUT2D eigenvalue weighted by molar-refractivity contribution is 0.455. The molecule has 0 spiro atoms. The first-order valence-corrected chi connectivity index (χ1v) is 6.69. The largest absolute Gasteiger partial charge is 0.437 e. The van der Waals surface area contributed by atoms with E-state index in [0.29, 0.717) is 11.6 Å². The van der Waals surface area contributed by atoms with Gasteiger partial charge in [-0.2, -0.15) is 5.10 Å². The summed E-state index contributed by atoms with van der Waals surface area (Å²) in [7, 11) is 0. The van der Waals surface area contributed by atoms with Crippen LogP contribution < -0.4 is 4.74 Å². The van der Waals surface area contributed by atoms with E-state index in [-0.39, 0.29) is 0 Å². The summed E-state index contributed by atoms with van der Waals surface area (Å²) in [5, 5.41) is 12.3. The Balaban J connectivity index is 1.80. The third-order valence-corrected chi connectivity index (χ3v) is 3.35. The quantitative estimate of drug-likeness (QED) is 0.508. The summed E-state index contributed by atoms with van der Waals surface area (Å²) in [5.74, 6) is 1.10. The van der Waals surface area contributed by atoms with Crippen molar-refractivity contribution in [2.75, 3.05) is 0 Å². The van der Waals surface area contributed by atoms with Crippen LogP contribution in [0, 0.1) is 6.07 Å². The number of hydrogen-bond acceptors (Lipinski definition) is 3. The second kappa shape index (κ2) is 4.87. The fraction of sp³-hybridized carbons (Fsp3) is 0. The first kappa shape index (κ1) is 11.9. The van der Waals surface area contributed by atoms with Gasteiger partial charge < -0.3 is 4.74 Å². The number of aromatic nitrogens is 2. The van der Waals surface area contributed by atoms with Gasteiger partial charge in [-0.3, -0.25) is 0 Å². The molecule has 4 aromatic rings. The van der Waals surface area contributed by atoms with Crippen molar-refractivity contribution in [3.05, 3.63) is 72.9 Å². The minimum atomic E-state index is 0.467. The van der Waals surface area contributed by atoms with Gasteiger partial charge in [-0.25, -0.2) is 0 Å². The third kappa shape index (κ3) is 2.30. The standard InChI is InChI=1S/C18H11N2O/c1-2-5-14-11-16-12-17(21-18-6-3-9-19-20-18)8-7-15(16)10-13(14)4-1/h1-11H. The molecule has 0 N–H and O–H groups in total. The summed E-state index contributed by atoms with van der Waals surface area (Å²) in [6, 6.07) is 23.3. The topological polar surface area (TPSA) is 35.0 Å². The molecular weight excluding hydrogens is 260 g/mol. The number of hydrogen-bond donors (Lipinski definition) is 0. The van der Waals surface area contributed by atoms with Crippen LogP contribution in [0.25, 0.3) is 21.5 Å². The van der Waals surface area contributed by atoms with E-state index in [1.165, 1.54) is 10.8 Å². The van der Waals surface area contributed by atoms with Gasteiger partial charge in [0.15, 0.2) is 0 Å². The second-order valence-electron chi connectivity index (χ2n) is 4.77. The van der Waals surface area contributed by atoms with E-state index in [1.807, 2.05) is 24.3 Å². The van der Waals surface area contributed by atoms with Crippen molar-refractivity contribution in [3.8, 4) is 11.6 Å². The van der Waals surface area contributed by atoms with E-state index in [4.69, 9.17) is 4.74 Å². The maximum Gasteiger partial charge on any atom is 0.238 e. The lowest BCUT2D eigenvalue weighted by Gasteiger charge is -2.06. The van der Waals surface area contributed by atoms with E-state index in [9.17, 15) is 0 Å². The van der Waals surface area contributed by atoms with Gasteiger partial charge in [-0.15, -0.1) is 5.10 Å². The molecule has 0 unspecified atom stereocenters. The smallest absolute Gasteiger partial charge is 0.238 e. The summed E-state index contributed by atoms with van der Waals surface area (Å²) < 4.78 is 5.67. The average molecular weight is 271 g/mol. The molecule has 0 aliphatic heterocycles. The molecule has 0 aliphatic carbocycles. The molecule has 0 aliphatic rings. The number of ether oxygens (including phenoxy) is 1. The second-order valence-corrected chi connectivity index (χ2v) is 4.77. The highest BCUT2D eigenvalue weighted by molar-refractivity contribution is 5.98. The van der Waals surface area contributed by atoms with Gasteiger partial charge in [0, 0.05) is 18.3 Å². The van der Waals surface area contributed by atoms with Crippen LogP contribution in [-0.4, -0.2) is 10.2 Å². The number of fused-ring (bicyclic) bond motifs is 2. The van der Waals surface area contributed by atoms with Crippen molar-refractivity contribution in [2.24, 2.45) is 0 Å².